The van der Waals surface area contributed by atoms with E-state index >= 15 is 0 Å². The molecule has 7 nitrogen and oxygen atoms in total. The van der Waals surface area contributed by atoms with E-state index in [-0.39, 0.29) is 11.4 Å². The van der Waals surface area contributed by atoms with Crippen molar-refractivity contribution < 1.29 is 19.2 Å². The molecule has 0 spiro atoms. The summed E-state index contributed by atoms with van der Waals surface area (Å²) in [4.78, 5) is 33.0. The molecule has 1 aromatic carbocycles. The van der Waals surface area contributed by atoms with E-state index < -0.39 is 22.9 Å². The van der Waals surface area contributed by atoms with E-state index in [0.29, 0.717) is 0 Å². The summed E-state index contributed by atoms with van der Waals surface area (Å²) < 4.78 is 4.83. The Labute approximate surface area is 115 Å². The van der Waals surface area contributed by atoms with Gasteiger partial charge in [0, 0.05) is 23.9 Å². The lowest BCUT2D eigenvalue weighted by atomic mass is 10.2. The van der Waals surface area contributed by atoms with Gasteiger partial charge in [-0.25, -0.2) is 4.79 Å². The van der Waals surface area contributed by atoms with E-state index in [4.69, 9.17) is 4.74 Å². The van der Waals surface area contributed by atoms with Crippen LogP contribution in [0.2, 0.25) is 0 Å². The standard InChI is InChI=1S/C13H14N2O5/c1-3-5-12(16)20-9(2)13(17)14-10-6-4-7-11(8-10)15(18)19/h3-9H,1-2H3,(H,14,17)/b5-3+. The smallest absolute Gasteiger partial charge is 0.331 e. The van der Waals surface area contributed by atoms with Crippen LogP contribution in [-0.2, 0) is 14.3 Å². The molecule has 0 aliphatic heterocycles. The zero-order chi connectivity index (χ0) is 15.1. The van der Waals surface area contributed by atoms with Crippen molar-refractivity contribution in [2.24, 2.45) is 0 Å². The summed E-state index contributed by atoms with van der Waals surface area (Å²) in [7, 11) is 0. The Balaban J connectivity index is 2.68. The molecule has 1 amide bonds. The maximum Gasteiger partial charge on any atom is 0.331 e. The van der Waals surface area contributed by atoms with E-state index in [0.717, 1.165) is 0 Å². The van der Waals surface area contributed by atoms with E-state index in [1.54, 1.807) is 6.92 Å². The van der Waals surface area contributed by atoms with Gasteiger partial charge in [-0.1, -0.05) is 12.1 Å². The Bertz CT molecular complexity index is 553. The van der Waals surface area contributed by atoms with Gasteiger partial charge in [-0.05, 0) is 19.9 Å². The lowest BCUT2D eigenvalue weighted by Crippen LogP contribution is -2.29. The average molecular weight is 278 g/mol. The summed E-state index contributed by atoms with van der Waals surface area (Å²) in [6, 6.07) is 5.49. The number of hydrogen-bond acceptors (Lipinski definition) is 5. The monoisotopic (exact) mass is 278 g/mol. The van der Waals surface area contributed by atoms with Gasteiger partial charge in [0.2, 0.25) is 0 Å². The number of hydrogen-bond donors (Lipinski definition) is 1. The van der Waals surface area contributed by atoms with Crippen molar-refractivity contribution in [3.8, 4) is 0 Å². The molecule has 1 unspecified atom stereocenters. The summed E-state index contributed by atoms with van der Waals surface area (Å²) in [6.07, 6.45) is 1.68. The van der Waals surface area contributed by atoms with E-state index in [1.807, 2.05) is 0 Å². The van der Waals surface area contributed by atoms with Crippen LogP contribution in [0.1, 0.15) is 13.8 Å². The molecule has 0 heterocycles. The summed E-state index contributed by atoms with van der Waals surface area (Å²) in [6.45, 7) is 3.06. The zero-order valence-electron chi connectivity index (χ0n) is 11.0. The molecule has 106 valence electrons. The predicted molar refractivity (Wildman–Crippen MR) is 72.1 cm³/mol. The Morgan fingerprint density at radius 1 is 1.45 bits per heavy atom. The van der Waals surface area contributed by atoms with Crippen LogP contribution in [0, 0.1) is 10.1 Å². The number of amides is 1. The van der Waals surface area contributed by atoms with Crippen molar-refractivity contribution in [2.45, 2.75) is 20.0 Å². The molecule has 7 heteroatoms. The maximum absolute atomic E-state index is 11.8. The topological polar surface area (TPSA) is 98.5 Å². The van der Waals surface area contributed by atoms with Crippen molar-refractivity contribution in [1.82, 2.24) is 0 Å². The van der Waals surface area contributed by atoms with Crippen molar-refractivity contribution in [1.29, 1.82) is 0 Å². The first-order chi connectivity index (χ1) is 9.43. The third kappa shape index (κ3) is 4.52. The number of nitro benzene ring substituents is 1. The minimum atomic E-state index is -1.00. The lowest BCUT2D eigenvalue weighted by molar-refractivity contribution is -0.384. The molecule has 1 aromatic rings. The molecule has 20 heavy (non-hydrogen) atoms. The Hall–Kier alpha value is -2.70. The summed E-state index contributed by atoms with van der Waals surface area (Å²) in [5.74, 6) is -1.20. The molecule has 0 aliphatic carbocycles. The molecule has 0 aromatic heterocycles. The highest BCUT2D eigenvalue weighted by atomic mass is 16.6. The molecule has 0 bridgehead atoms. The fraction of sp³-hybridized carbons (Fsp3) is 0.231. The summed E-state index contributed by atoms with van der Waals surface area (Å²) in [5.41, 5.74) is 0.125. The fourth-order valence-corrected chi connectivity index (χ4v) is 1.34. The second kappa shape index (κ2) is 7.03. The number of nitro groups is 1. The number of nitrogens with one attached hydrogen (secondary N) is 1. The second-order valence-corrected chi connectivity index (χ2v) is 3.88. The molecule has 0 saturated heterocycles. The molecule has 0 radical (unpaired) electrons. The van der Waals surface area contributed by atoms with Crippen molar-refractivity contribution in [3.05, 3.63) is 46.5 Å². The van der Waals surface area contributed by atoms with Gasteiger partial charge < -0.3 is 10.1 Å². The Kier molecular flexibility index (Phi) is 5.40. The van der Waals surface area contributed by atoms with Gasteiger partial charge in [0.25, 0.3) is 11.6 Å². The summed E-state index contributed by atoms with van der Waals surface area (Å²) in [5, 5.41) is 13.0. The first kappa shape index (κ1) is 15.4. The van der Waals surface area contributed by atoms with Gasteiger partial charge in [0.15, 0.2) is 6.10 Å². The van der Waals surface area contributed by atoms with Gasteiger partial charge in [-0.3, -0.25) is 14.9 Å². The number of benzene rings is 1. The number of non-ortho nitro benzene ring substituents is 1. The molecular weight excluding hydrogens is 264 g/mol. The Morgan fingerprint density at radius 3 is 2.75 bits per heavy atom. The van der Waals surface area contributed by atoms with Crippen LogP contribution in [0.5, 0.6) is 0 Å². The number of anilines is 1. The normalized spacial score (nSPS) is 11.9. The van der Waals surface area contributed by atoms with Crippen LogP contribution >= 0.6 is 0 Å². The summed E-state index contributed by atoms with van der Waals surface area (Å²) >= 11 is 0. The molecule has 0 fully saturated rings. The van der Waals surface area contributed by atoms with Crippen LogP contribution in [0.3, 0.4) is 0 Å². The number of carbonyl (C=O) groups excluding carboxylic acids is 2. The van der Waals surface area contributed by atoms with Crippen molar-refractivity contribution in [3.63, 3.8) is 0 Å². The van der Waals surface area contributed by atoms with Crippen LogP contribution in [0.4, 0.5) is 11.4 Å². The molecule has 0 saturated carbocycles. The quantitative estimate of drug-likeness (QED) is 0.384. The van der Waals surface area contributed by atoms with Gasteiger partial charge in [-0.15, -0.1) is 0 Å². The predicted octanol–water partition coefficient (Wildman–Crippen LogP) is 2.04. The number of esters is 1. The molecule has 1 N–H and O–H groups in total. The zero-order valence-corrected chi connectivity index (χ0v) is 11.0. The van der Waals surface area contributed by atoms with Crippen LogP contribution in [-0.4, -0.2) is 22.9 Å². The largest absolute Gasteiger partial charge is 0.449 e. The number of nitrogens with zero attached hydrogens (tertiary/aromatic N) is 1. The van der Waals surface area contributed by atoms with Gasteiger partial charge in [0.05, 0.1) is 4.92 Å². The van der Waals surface area contributed by atoms with Gasteiger partial charge in [0.1, 0.15) is 0 Å². The first-order valence-corrected chi connectivity index (χ1v) is 5.82. The Morgan fingerprint density at radius 2 is 2.15 bits per heavy atom. The van der Waals surface area contributed by atoms with Gasteiger partial charge in [-0.2, -0.15) is 0 Å². The third-order valence-corrected chi connectivity index (χ3v) is 2.29. The van der Waals surface area contributed by atoms with Crippen LogP contribution < -0.4 is 5.32 Å². The SMILES string of the molecule is C/C=C/C(=O)OC(C)C(=O)Nc1cccc([N+](=O)[O-])c1. The molecule has 1 atom stereocenters. The molecule has 0 aliphatic rings. The number of carbonyl (C=O) groups is 2. The number of allylic oxidation sites excluding steroid dienone is 1. The van der Waals surface area contributed by atoms with Crippen LogP contribution in [0.25, 0.3) is 0 Å². The second-order valence-electron chi connectivity index (χ2n) is 3.88. The fourth-order valence-electron chi connectivity index (χ4n) is 1.34. The van der Waals surface area contributed by atoms with E-state index in [2.05, 4.69) is 5.32 Å². The first-order valence-electron chi connectivity index (χ1n) is 5.82. The highest BCUT2D eigenvalue weighted by Crippen LogP contribution is 2.17. The number of rotatable bonds is 5. The van der Waals surface area contributed by atoms with E-state index in [9.17, 15) is 19.7 Å². The third-order valence-electron chi connectivity index (χ3n) is 2.29. The van der Waals surface area contributed by atoms with Crippen molar-refractivity contribution >= 4 is 23.3 Å². The highest BCUT2D eigenvalue weighted by molar-refractivity contribution is 5.96. The average Bonchev–Trinajstić information content (AvgIpc) is 2.39. The van der Waals surface area contributed by atoms with Gasteiger partial charge >= 0.3 is 5.97 Å². The van der Waals surface area contributed by atoms with Crippen molar-refractivity contribution in [2.75, 3.05) is 5.32 Å². The van der Waals surface area contributed by atoms with E-state index in [1.165, 1.54) is 43.3 Å². The maximum atomic E-state index is 11.8. The highest BCUT2D eigenvalue weighted by Gasteiger charge is 2.17. The lowest BCUT2D eigenvalue weighted by Gasteiger charge is -2.12. The minimum Gasteiger partial charge on any atom is -0.449 e. The molecular formula is C13H14N2O5. The van der Waals surface area contributed by atoms with Crippen LogP contribution in [0.15, 0.2) is 36.4 Å². The number of ether oxygens (including phenoxy) is 1. The molecule has 1 rings (SSSR count). The minimum absolute atomic E-state index is 0.138.